The van der Waals surface area contributed by atoms with Crippen LogP contribution in [0.25, 0.3) is 0 Å². The third kappa shape index (κ3) is 5.53. The zero-order valence-corrected chi connectivity index (χ0v) is 15.8. The van der Waals surface area contributed by atoms with Gasteiger partial charge in [-0.1, -0.05) is 6.07 Å². The number of urea groups is 1. The second kappa shape index (κ2) is 8.51. The maximum atomic E-state index is 12.0. The molecule has 1 saturated heterocycles. The lowest BCUT2D eigenvalue weighted by Gasteiger charge is -2.15. The largest absolute Gasteiger partial charge is 0.456 e. The summed E-state index contributed by atoms with van der Waals surface area (Å²) >= 11 is 0. The van der Waals surface area contributed by atoms with Crippen molar-refractivity contribution in [3.63, 3.8) is 0 Å². The van der Waals surface area contributed by atoms with E-state index in [1.54, 1.807) is 38.1 Å². The molecule has 0 spiro atoms. The molecule has 1 fully saturated rings. The van der Waals surface area contributed by atoms with Gasteiger partial charge in [0.15, 0.2) is 6.61 Å². The van der Waals surface area contributed by atoms with Crippen LogP contribution in [0.5, 0.6) is 0 Å². The lowest BCUT2D eigenvalue weighted by atomic mass is 10.1. The fraction of sp³-hybridized carbons (Fsp3) is 0.389. The normalized spacial score (nSPS) is 15.0. The van der Waals surface area contributed by atoms with Crippen molar-refractivity contribution in [1.29, 1.82) is 0 Å². The molecular formula is C18H22N4O6. The maximum Gasteiger partial charge on any atom is 0.325 e. The van der Waals surface area contributed by atoms with Crippen molar-refractivity contribution in [2.75, 3.05) is 23.8 Å². The van der Waals surface area contributed by atoms with Crippen LogP contribution in [-0.2, 0) is 23.9 Å². The number of hydrogen-bond acceptors (Lipinski definition) is 6. The van der Waals surface area contributed by atoms with E-state index in [4.69, 9.17) is 4.74 Å². The highest BCUT2D eigenvalue weighted by atomic mass is 16.5. The van der Waals surface area contributed by atoms with Crippen LogP contribution < -0.4 is 16.0 Å². The number of anilines is 2. The van der Waals surface area contributed by atoms with Gasteiger partial charge in [-0.15, -0.1) is 0 Å². The molecular weight excluding hydrogens is 368 g/mol. The molecule has 1 heterocycles. The van der Waals surface area contributed by atoms with E-state index < -0.39 is 36.0 Å². The van der Waals surface area contributed by atoms with Crippen molar-refractivity contribution in [2.24, 2.45) is 0 Å². The minimum atomic E-state index is -1.01. The fourth-order valence-electron chi connectivity index (χ4n) is 2.52. The third-order valence-corrected chi connectivity index (χ3v) is 3.81. The molecule has 5 amide bonds. The summed E-state index contributed by atoms with van der Waals surface area (Å²) in [7, 11) is 0. The first-order chi connectivity index (χ1) is 13.1. The van der Waals surface area contributed by atoms with E-state index in [9.17, 15) is 24.0 Å². The van der Waals surface area contributed by atoms with Gasteiger partial charge in [0.2, 0.25) is 5.91 Å². The van der Waals surface area contributed by atoms with Gasteiger partial charge in [0, 0.05) is 24.8 Å². The minimum absolute atomic E-state index is 0.132. The first-order valence-electron chi connectivity index (χ1n) is 8.56. The topological polar surface area (TPSA) is 134 Å². The summed E-state index contributed by atoms with van der Waals surface area (Å²) in [5.74, 6) is -1.95. The second-order valence-electron chi connectivity index (χ2n) is 6.73. The number of hydrogen-bond donors (Lipinski definition) is 3. The van der Waals surface area contributed by atoms with Gasteiger partial charge >= 0.3 is 12.0 Å². The molecule has 10 nitrogen and oxygen atoms in total. The molecule has 1 aromatic rings. The Morgan fingerprint density at radius 3 is 2.36 bits per heavy atom. The van der Waals surface area contributed by atoms with E-state index in [0.717, 1.165) is 4.90 Å². The molecule has 0 radical (unpaired) electrons. The minimum Gasteiger partial charge on any atom is -0.456 e. The number of imide groups is 1. The molecule has 0 bridgehead atoms. The lowest BCUT2D eigenvalue weighted by molar-refractivity contribution is -0.147. The van der Waals surface area contributed by atoms with Crippen LogP contribution in [0, 0.1) is 0 Å². The third-order valence-electron chi connectivity index (χ3n) is 3.81. The summed E-state index contributed by atoms with van der Waals surface area (Å²) in [5.41, 5.74) is -0.0697. The van der Waals surface area contributed by atoms with Crippen LogP contribution in [-0.4, -0.2) is 53.3 Å². The monoisotopic (exact) mass is 390 g/mol. The summed E-state index contributed by atoms with van der Waals surface area (Å²) in [5, 5.41) is 7.63. The number of ether oxygens (including phenoxy) is 1. The zero-order chi connectivity index (χ0) is 20.9. The van der Waals surface area contributed by atoms with Crippen molar-refractivity contribution in [2.45, 2.75) is 32.7 Å². The maximum absolute atomic E-state index is 12.0. The fourth-order valence-corrected chi connectivity index (χ4v) is 2.52. The number of rotatable bonds is 7. The molecule has 0 unspecified atom stereocenters. The van der Waals surface area contributed by atoms with E-state index in [0.29, 0.717) is 11.4 Å². The molecule has 150 valence electrons. The zero-order valence-electron chi connectivity index (χ0n) is 15.8. The van der Waals surface area contributed by atoms with E-state index in [1.165, 1.54) is 6.92 Å². The van der Waals surface area contributed by atoms with Crippen molar-refractivity contribution in [1.82, 2.24) is 10.2 Å². The first-order valence-corrected chi connectivity index (χ1v) is 8.56. The summed E-state index contributed by atoms with van der Waals surface area (Å²) in [6.07, 6.45) is -0.222. The Labute approximate surface area is 161 Å². The van der Waals surface area contributed by atoms with Crippen LogP contribution in [0.4, 0.5) is 16.2 Å². The van der Waals surface area contributed by atoms with Gasteiger partial charge in [0.05, 0.1) is 6.42 Å². The number of nitrogens with zero attached hydrogens (tertiary/aromatic N) is 1. The number of carbonyl (C=O) groups is 5. The smallest absolute Gasteiger partial charge is 0.325 e. The van der Waals surface area contributed by atoms with Gasteiger partial charge in [-0.2, -0.15) is 0 Å². The van der Waals surface area contributed by atoms with Crippen LogP contribution >= 0.6 is 0 Å². The summed E-state index contributed by atoms with van der Waals surface area (Å²) in [6, 6.07) is 5.91. The molecule has 0 aromatic heterocycles. The second-order valence-corrected chi connectivity index (χ2v) is 6.73. The molecule has 1 aromatic carbocycles. The van der Waals surface area contributed by atoms with Gasteiger partial charge < -0.3 is 20.7 Å². The molecule has 3 N–H and O–H groups in total. The van der Waals surface area contributed by atoms with Crippen LogP contribution in [0.3, 0.4) is 0 Å². The number of esters is 1. The van der Waals surface area contributed by atoms with Crippen molar-refractivity contribution in [3.05, 3.63) is 24.3 Å². The standard InChI is InChI=1S/C18H22N4O6/c1-11(23)19-12-5-4-6-13(9-12)20-14(24)10-28-15(25)7-8-22-16(26)18(2,3)21-17(22)27/h4-6,9H,7-8,10H2,1-3H3,(H,19,23)(H,20,24)(H,21,27). The Morgan fingerprint density at radius 2 is 1.79 bits per heavy atom. The highest BCUT2D eigenvalue weighted by molar-refractivity contribution is 6.06. The molecule has 0 atom stereocenters. The van der Waals surface area contributed by atoms with E-state index in [2.05, 4.69) is 16.0 Å². The molecule has 1 aliphatic rings. The molecule has 1 aliphatic heterocycles. The van der Waals surface area contributed by atoms with Gasteiger partial charge in [-0.3, -0.25) is 24.1 Å². The molecule has 10 heteroatoms. The Hall–Kier alpha value is -3.43. The quantitative estimate of drug-likeness (QED) is 0.467. The van der Waals surface area contributed by atoms with Crippen molar-refractivity contribution in [3.8, 4) is 0 Å². The summed E-state index contributed by atoms with van der Waals surface area (Å²) < 4.78 is 4.86. The van der Waals surface area contributed by atoms with Gasteiger partial charge in [0.1, 0.15) is 5.54 Å². The van der Waals surface area contributed by atoms with Gasteiger partial charge in [0.25, 0.3) is 11.8 Å². The predicted octanol–water partition coefficient (Wildman–Crippen LogP) is 0.847. The molecule has 2 rings (SSSR count). The SMILES string of the molecule is CC(=O)Nc1cccc(NC(=O)COC(=O)CCN2C(=O)NC(C)(C)C2=O)c1. The highest BCUT2D eigenvalue weighted by Gasteiger charge is 2.44. The molecule has 0 aliphatic carbocycles. The van der Waals surface area contributed by atoms with Crippen molar-refractivity contribution >= 4 is 41.1 Å². The van der Waals surface area contributed by atoms with E-state index in [1.807, 2.05) is 0 Å². The van der Waals surface area contributed by atoms with Crippen LogP contribution in [0.15, 0.2) is 24.3 Å². The number of amides is 5. The average molecular weight is 390 g/mol. The van der Waals surface area contributed by atoms with E-state index in [-0.39, 0.29) is 18.9 Å². The Bertz CT molecular complexity index is 820. The van der Waals surface area contributed by atoms with Crippen LogP contribution in [0.1, 0.15) is 27.2 Å². The number of carbonyl (C=O) groups excluding carboxylic acids is 5. The van der Waals surface area contributed by atoms with Crippen LogP contribution in [0.2, 0.25) is 0 Å². The Kier molecular flexibility index (Phi) is 6.34. The number of nitrogens with one attached hydrogen (secondary N) is 3. The highest BCUT2D eigenvalue weighted by Crippen LogP contribution is 2.17. The number of benzene rings is 1. The van der Waals surface area contributed by atoms with Gasteiger partial charge in [-0.05, 0) is 32.0 Å². The summed E-state index contributed by atoms with van der Waals surface area (Å²) in [4.78, 5) is 59.4. The predicted molar refractivity (Wildman–Crippen MR) is 99.3 cm³/mol. The Morgan fingerprint density at radius 1 is 1.14 bits per heavy atom. The van der Waals surface area contributed by atoms with E-state index >= 15 is 0 Å². The Balaban J connectivity index is 1.77. The van der Waals surface area contributed by atoms with Gasteiger partial charge in [-0.25, -0.2) is 4.79 Å². The lowest BCUT2D eigenvalue weighted by Crippen LogP contribution is -2.40. The molecule has 0 saturated carbocycles. The van der Waals surface area contributed by atoms with Crippen molar-refractivity contribution < 1.29 is 28.7 Å². The average Bonchev–Trinajstić information content (AvgIpc) is 2.78. The molecule has 28 heavy (non-hydrogen) atoms. The first kappa shape index (κ1) is 20.9. The summed E-state index contributed by atoms with van der Waals surface area (Å²) in [6.45, 7) is 3.85.